The van der Waals surface area contributed by atoms with Gasteiger partial charge in [-0.05, 0) is 64.4 Å². The molecule has 3 heteroatoms. The summed E-state index contributed by atoms with van der Waals surface area (Å²) in [4.78, 5) is 4.70. The van der Waals surface area contributed by atoms with Crippen LogP contribution in [0.15, 0.2) is 36.4 Å². The molecule has 1 heterocycles. The zero-order chi connectivity index (χ0) is 15.9. The molecular formula is C20H24IrN2-2. The molecule has 1 aliphatic rings. The van der Waals surface area contributed by atoms with Crippen molar-refractivity contribution in [2.45, 2.75) is 40.2 Å². The molecule has 0 saturated heterocycles. The van der Waals surface area contributed by atoms with Gasteiger partial charge in [0.2, 0.25) is 0 Å². The van der Waals surface area contributed by atoms with Crippen LogP contribution in [0, 0.1) is 26.6 Å². The van der Waals surface area contributed by atoms with Gasteiger partial charge >= 0.3 is 0 Å². The van der Waals surface area contributed by atoms with E-state index in [-0.39, 0.29) is 25.6 Å². The normalized spacial score (nSPS) is 13.8. The molecule has 23 heavy (non-hydrogen) atoms. The van der Waals surface area contributed by atoms with Crippen molar-refractivity contribution in [2.75, 3.05) is 16.3 Å². The van der Waals surface area contributed by atoms with Crippen LogP contribution in [0.1, 0.15) is 37.5 Å². The summed E-state index contributed by atoms with van der Waals surface area (Å²) >= 11 is 0. The third kappa shape index (κ3) is 3.05. The van der Waals surface area contributed by atoms with Gasteiger partial charge in [0.05, 0.1) is 0 Å². The summed E-state index contributed by atoms with van der Waals surface area (Å²) in [6.07, 6.45) is 0. The SMILES string of the molecule is CCN1[CH-]N(C(C)(C)c2[c-]cccc2)c2cc(C)c(C)cc21.[Ir]. The summed E-state index contributed by atoms with van der Waals surface area (Å²) in [5, 5.41) is 0. The van der Waals surface area contributed by atoms with E-state index in [1.54, 1.807) is 0 Å². The smallest absolute Gasteiger partial charge is 0.0307 e. The molecule has 1 aliphatic heterocycles. The third-order valence-electron chi connectivity index (χ3n) is 4.73. The summed E-state index contributed by atoms with van der Waals surface area (Å²) < 4.78 is 0. The monoisotopic (exact) mass is 485 g/mol. The Hall–Kier alpha value is -1.31. The number of hydrogen-bond acceptors (Lipinski definition) is 2. The Balaban J connectivity index is 0.00000192. The van der Waals surface area contributed by atoms with E-state index in [9.17, 15) is 0 Å². The minimum absolute atomic E-state index is 0. The van der Waals surface area contributed by atoms with Crippen LogP contribution in [0.4, 0.5) is 11.4 Å². The molecule has 1 radical (unpaired) electrons. The molecule has 0 fully saturated rings. The molecule has 2 aromatic rings. The molecule has 0 atom stereocenters. The molecule has 0 aliphatic carbocycles. The van der Waals surface area contributed by atoms with Crippen LogP contribution in [0.2, 0.25) is 0 Å². The van der Waals surface area contributed by atoms with Crippen LogP contribution in [0.25, 0.3) is 0 Å². The first kappa shape index (κ1) is 18.0. The standard InChI is InChI=1S/C20H24N2.Ir/c1-6-21-14-22(19-13-16(3)15(2)12-18(19)21)20(4,5)17-10-8-7-9-11-17;/h7-10,12-14H,6H2,1-5H3;/q-2;. The Kier molecular flexibility index (Phi) is 5.23. The van der Waals surface area contributed by atoms with Crippen molar-refractivity contribution in [2.24, 2.45) is 0 Å². The van der Waals surface area contributed by atoms with Gasteiger partial charge in [-0.2, -0.15) is 37.0 Å². The minimum atomic E-state index is -0.137. The first-order chi connectivity index (χ1) is 10.4. The summed E-state index contributed by atoms with van der Waals surface area (Å²) in [5.74, 6) is 0. The van der Waals surface area contributed by atoms with E-state index >= 15 is 0 Å². The maximum atomic E-state index is 3.40. The van der Waals surface area contributed by atoms with Gasteiger partial charge in [-0.15, -0.1) is 5.56 Å². The molecule has 2 aromatic carbocycles. The predicted octanol–water partition coefficient (Wildman–Crippen LogP) is 4.80. The van der Waals surface area contributed by atoms with E-state index in [0.29, 0.717) is 0 Å². The second-order valence-electron chi connectivity index (χ2n) is 6.53. The van der Waals surface area contributed by atoms with Crippen LogP contribution in [0.5, 0.6) is 0 Å². The van der Waals surface area contributed by atoms with Crippen molar-refractivity contribution in [1.82, 2.24) is 0 Å². The van der Waals surface area contributed by atoms with Crippen LogP contribution in [-0.2, 0) is 25.6 Å². The molecule has 0 amide bonds. The van der Waals surface area contributed by atoms with Gasteiger partial charge in [0.15, 0.2) is 0 Å². The molecule has 0 bridgehead atoms. The Morgan fingerprint density at radius 1 is 1.09 bits per heavy atom. The van der Waals surface area contributed by atoms with E-state index in [4.69, 9.17) is 0 Å². The molecule has 0 unspecified atom stereocenters. The van der Waals surface area contributed by atoms with Gasteiger partial charge in [0, 0.05) is 37.0 Å². The third-order valence-corrected chi connectivity index (χ3v) is 4.73. The van der Waals surface area contributed by atoms with Gasteiger partial charge in [0.25, 0.3) is 0 Å². The van der Waals surface area contributed by atoms with E-state index in [1.807, 2.05) is 12.1 Å². The predicted molar refractivity (Wildman–Crippen MR) is 94.0 cm³/mol. The Bertz CT molecular complexity index is 680. The Morgan fingerprint density at radius 2 is 1.74 bits per heavy atom. The molecule has 0 spiro atoms. The molecule has 2 nitrogen and oxygen atoms in total. The number of rotatable bonds is 3. The zero-order valence-corrected chi connectivity index (χ0v) is 16.9. The molecule has 0 saturated carbocycles. The maximum Gasteiger partial charge on any atom is 0.0307 e. The fourth-order valence-electron chi connectivity index (χ4n) is 3.07. The van der Waals surface area contributed by atoms with Crippen LogP contribution >= 0.6 is 0 Å². The number of hydrogen-bond donors (Lipinski definition) is 0. The van der Waals surface area contributed by atoms with Crippen molar-refractivity contribution >= 4 is 11.4 Å². The van der Waals surface area contributed by atoms with Gasteiger partial charge < -0.3 is 9.80 Å². The number of benzene rings is 2. The van der Waals surface area contributed by atoms with E-state index in [0.717, 1.165) is 6.54 Å². The van der Waals surface area contributed by atoms with Crippen LogP contribution in [0.3, 0.4) is 0 Å². The van der Waals surface area contributed by atoms with Crippen molar-refractivity contribution in [3.05, 3.63) is 65.8 Å². The van der Waals surface area contributed by atoms with Crippen molar-refractivity contribution < 1.29 is 20.1 Å². The summed E-state index contributed by atoms with van der Waals surface area (Å²) in [6, 6.07) is 16.3. The Morgan fingerprint density at radius 3 is 2.30 bits per heavy atom. The van der Waals surface area contributed by atoms with E-state index in [1.165, 1.54) is 28.1 Å². The minimum Gasteiger partial charge on any atom is -0.502 e. The summed E-state index contributed by atoms with van der Waals surface area (Å²) in [7, 11) is 0. The van der Waals surface area contributed by atoms with Gasteiger partial charge in [-0.1, -0.05) is 0 Å². The summed E-state index contributed by atoms with van der Waals surface area (Å²) in [5.41, 5.74) is 6.33. The second-order valence-corrected chi connectivity index (χ2v) is 6.53. The van der Waals surface area contributed by atoms with Gasteiger partial charge in [0.1, 0.15) is 0 Å². The average Bonchev–Trinajstić information content (AvgIpc) is 2.87. The number of nitrogens with zero attached hydrogens (tertiary/aromatic N) is 2. The fourth-order valence-corrected chi connectivity index (χ4v) is 3.07. The molecule has 125 valence electrons. The molecule has 0 N–H and O–H groups in total. The van der Waals surface area contributed by atoms with Gasteiger partial charge in [-0.3, -0.25) is 0 Å². The van der Waals surface area contributed by atoms with Crippen molar-refractivity contribution in [3.8, 4) is 0 Å². The maximum absolute atomic E-state index is 3.40. The fraction of sp³-hybridized carbons (Fsp3) is 0.350. The van der Waals surface area contributed by atoms with Gasteiger partial charge in [-0.25, -0.2) is 0 Å². The number of fused-ring (bicyclic) bond motifs is 1. The van der Waals surface area contributed by atoms with E-state index in [2.05, 4.69) is 81.4 Å². The average molecular weight is 485 g/mol. The zero-order valence-electron chi connectivity index (χ0n) is 14.5. The van der Waals surface area contributed by atoms with Crippen molar-refractivity contribution in [3.63, 3.8) is 0 Å². The largest absolute Gasteiger partial charge is 0.502 e. The number of anilines is 2. The molecular weight excluding hydrogens is 460 g/mol. The quantitative estimate of drug-likeness (QED) is 0.578. The van der Waals surface area contributed by atoms with Crippen LogP contribution < -0.4 is 9.80 Å². The number of aryl methyl sites for hydroxylation is 2. The topological polar surface area (TPSA) is 6.48 Å². The van der Waals surface area contributed by atoms with E-state index < -0.39 is 0 Å². The van der Waals surface area contributed by atoms with Crippen LogP contribution in [-0.4, -0.2) is 6.54 Å². The first-order valence-electron chi connectivity index (χ1n) is 7.94. The second kappa shape index (κ2) is 6.67. The first-order valence-corrected chi connectivity index (χ1v) is 7.94. The Labute approximate surface area is 153 Å². The van der Waals surface area contributed by atoms with Crippen molar-refractivity contribution in [1.29, 1.82) is 0 Å². The molecule has 3 rings (SSSR count). The molecule has 0 aromatic heterocycles. The summed E-state index contributed by atoms with van der Waals surface area (Å²) in [6.45, 7) is 14.3.